The van der Waals surface area contributed by atoms with Crippen LogP contribution in [0.1, 0.15) is 59.8 Å². The lowest BCUT2D eigenvalue weighted by Crippen LogP contribution is -2.62. The highest BCUT2D eigenvalue weighted by Crippen LogP contribution is 2.38. The van der Waals surface area contributed by atoms with Crippen LogP contribution in [0.5, 0.6) is 0 Å². The van der Waals surface area contributed by atoms with Crippen LogP contribution in [0.3, 0.4) is 0 Å². The lowest BCUT2D eigenvalue weighted by Gasteiger charge is -2.53. The van der Waals surface area contributed by atoms with Gasteiger partial charge in [0.2, 0.25) is 0 Å². The minimum Gasteiger partial charge on any atom is -0.481 e. The maximum Gasteiger partial charge on any atom is 0.303 e. The number of carboxylic acids is 1. The highest BCUT2D eigenvalue weighted by Gasteiger charge is 2.45. The third-order valence-corrected chi connectivity index (χ3v) is 4.39. The SMILES string of the molecule is CN(CCCCC(=O)O)C1CC(C)(C)N(O)C(C)(C)C1. The molecule has 1 heterocycles. The zero-order chi connectivity index (χ0) is 15.6. The molecule has 0 atom stereocenters. The molecule has 5 heteroatoms. The number of unbranched alkanes of at least 4 members (excludes halogenated alkanes) is 1. The van der Waals surface area contributed by atoms with Crippen LogP contribution in [0, 0.1) is 0 Å². The van der Waals surface area contributed by atoms with Gasteiger partial charge in [-0.1, -0.05) is 0 Å². The molecule has 1 aliphatic heterocycles. The van der Waals surface area contributed by atoms with Crippen molar-refractivity contribution in [2.45, 2.75) is 76.9 Å². The number of carboxylic acid groups (broad SMARTS) is 1. The summed E-state index contributed by atoms with van der Waals surface area (Å²) >= 11 is 0. The van der Waals surface area contributed by atoms with Gasteiger partial charge in [0.15, 0.2) is 0 Å². The summed E-state index contributed by atoms with van der Waals surface area (Å²) in [6.07, 6.45) is 3.72. The predicted molar refractivity (Wildman–Crippen MR) is 78.9 cm³/mol. The highest BCUT2D eigenvalue weighted by atomic mass is 16.5. The summed E-state index contributed by atoms with van der Waals surface area (Å²) in [5, 5.41) is 20.4. The van der Waals surface area contributed by atoms with Crippen LogP contribution in [0.2, 0.25) is 0 Å². The topological polar surface area (TPSA) is 64.0 Å². The molecule has 0 bridgehead atoms. The van der Waals surface area contributed by atoms with Crippen molar-refractivity contribution in [3.63, 3.8) is 0 Å². The number of carbonyl (C=O) groups is 1. The van der Waals surface area contributed by atoms with E-state index in [1.807, 2.05) is 0 Å². The maximum atomic E-state index is 10.5. The van der Waals surface area contributed by atoms with E-state index in [-0.39, 0.29) is 17.5 Å². The number of hydrogen-bond donors (Lipinski definition) is 2. The monoisotopic (exact) mass is 286 g/mol. The number of piperidine rings is 1. The fourth-order valence-electron chi connectivity index (χ4n) is 3.35. The fourth-order valence-corrected chi connectivity index (χ4v) is 3.35. The Hall–Kier alpha value is -0.650. The van der Waals surface area contributed by atoms with Crippen molar-refractivity contribution in [3.8, 4) is 0 Å². The number of rotatable bonds is 6. The Morgan fingerprint density at radius 2 is 1.70 bits per heavy atom. The Morgan fingerprint density at radius 1 is 1.20 bits per heavy atom. The van der Waals surface area contributed by atoms with Gasteiger partial charge in [0.05, 0.1) is 0 Å². The predicted octanol–water partition coefficient (Wildman–Crippen LogP) is 2.58. The molecule has 0 amide bonds. The van der Waals surface area contributed by atoms with E-state index in [0.29, 0.717) is 6.04 Å². The van der Waals surface area contributed by atoms with E-state index in [9.17, 15) is 10.0 Å². The molecule has 0 aromatic rings. The molecule has 0 aliphatic carbocycles. The zero-order valence-corrected chi connectivity index (χ0v) is 13.5. The van der Waals surface area contributed by atoms with Crippen LogP contribution in [-0.2, 0) is 4.79 Å². The number of hydroxylamine groups is 2. The minimum absolute atomic E-state index is 0.234. The molecule has 2 N–H and O–H groups in total. The maximum absolute atomic E-state index is 10.5. The van der Waals surface area contributed by atoms with Crippen LogP contribution in [-0.4, -0.2) is 57.0 Å². The minimum atomic E-state index is -0.719. The van der Waals surface area contributed by atoms with Crippen LogP contribution < -0.4 is 0 Å². The molecule has 0 radical (unpaired) electrons. The van der Waals surface area contributed by atoms with E-state index in [1.54, 1.807) is 0 Å². The summed E-state index contributed by atoms with van der Waals surface area (Å²) in [6.45, 7) is 9.19. The Kier molecular flexibility index (Phi) is 5.58. The van der Waals surface area contributed by atoms with Crippen molar-refractivity contribution in [1.82, 2.24) is 9.96 Å². The van der Waals surface area contributed by atoms with Gasteiger partial charge in [0.25, 0.3) is 0 Å². The summed E-state index contributed by atoms with van der Waals surface area (Å²) in [6, 6.07) is 0.424. The third-order valence-electron chi connectivity index (χ3n) is 4.39. The first-order valence-corrected chi connectivity index (χ1v) is 7.47. The van der Waals surface area contributed by atoms with Crippen LogP contribution in [0.4, 0.5) is 0 Å². The fraction of sp³-hybridized carbons (Fsp3) is 0.933. The molecule has 118 valence electrons. The van der Waals surface area contributed by atoms with E-state index >= 15 is 0 Å². The van der Waals surface area contributed by atoms with Crippen LogP contribution >= 0.6 is 0 Å². The molecule has 1 saturated heterocycles. The van der Waals surface area contributed by atoms with Crippen molar-refractivity contribution >= 4 is 5.97 Å². The summed E-state index contributed by atoms with van der Waals surface area (Å²) in [5.74, 6) is -0.719. The van der Waals surface area contributed by atoms with Gasteiger partial charge < -0.3 is 15.2 Å². The molecular formula is C15H30N2O3. The average Bonchev–Trinajstić information content (AvgIpc) is 2.30. The lowest BCUT2D eigenvalue weighted by molar-refractivity contribution is -0.251. The van der Waals surface area contributed by atoms with Gasteiger partial charge in [-0.15, -0.1) is 0 Å². The van der Waals surface area contributed by atoms with E-state index in [4.69, 9.17) is 5.11 Å². The number of hydrogen-bond acceptors (Lipinski definition) is 4. The summed E-state index contributed by atoms with van der Waals surface area (Å²) in [4.78, 5) is 12.8. The van der Waals surface area contributed by atoms with Gasteiger partial charge >= 0.3 is 5.97 Å². The van der Waals surface area contributed by atoms with Crippen molar-refractivity contribution in [2.75, 3.05) is 13.6 Å². The first-order valence-electron chi connectivity index (χ1n) is 7.47. The second kappa shape index (κ2) is 6.41. The third kappa shape index (κ3) is 4.43. The Bertz CT molecular complexity index is 324. The average molecular weight is 286 g/mol. The molecule has 1 aliphatic rings. The van der Waals surface area contributed by atoms with Crippen molar-refractivity contribution in [1.29, 1.82) is 0 Å². The molecule has 0 aromatic heterocycles. The molecule has 1 rings (SSSR count). The standard InChI is InChI=1S/C15H30N2O3/c1-14(2)10-12(11-15(3,4)17(14)20)16(5)9-7-6-8-13(18)19/h12,20H,6-11H2,1-5H3,(H,18,19). The number of nitrogens with zero attached hydrogens (tertiary/aromatic N) is 2. The molecule has 1 fully saturated rings. The first-order chi connectivity index (χ1) is 9.06. The first kappa shape index (κ1) is 17.4. The summed E-state index contributed by atoms with van der Waals surface area (Å²) in [7, 11) is 2.10. The van der Waals surface area contributed by atoms with Crippen molar-refractivity contribution < 1.29 is 15.1 Å². The molecule has 5 nitrogen and oxygen atoms in total. The van der Waals surface area contributed by atoms with Gasteiger partial charge in [-0.25, -0.2) is 0 Å². The van der Waals surface area contributed by atoms with E-state index < -0.39 is 5.97 Å². The summed E-state index contributed by atoms with van der Waals surface area (Å²) in [5.41, 5.74) is -0.469. The molecule has 0 spiro atoms. The van der Waals surface area contributed by atoms with Gasteiger partial charge in [-0.3, -0.25) is 4.79 Å². The second-order valence-corrected chi connectivity index (χ2v) is 7.33. The Balaban J connectivity index is 2.52. The second-order valence-electron chi connectivity index (χ2n) is 7.33. The van der Waals surface area contributed by atoms with Gasteiger partial charge in [0.1, 0.15) is 0 Å². The molecule has 0 unspecified atom stereocenters. The van der Waals surface area contributed by atoms with Crippen molar-refractivity contribution in [3.05, 3.63) is 0 Å². The van der Waals surface area contributed by atoms with E-state index in [2.05, 4.69) is 39.6 Å². The Labute approximate surface area is 122 Å². The molecule has 0 aromatic carbocycles. The quantitative estimate of drug-likeness (QED) is 0.735. The smallest absolute Gasteiger partial charge is 0.303 e. The largest absolute Gasteiger partial charge is 0.481 e. The van der Waals surface area contributed by atoms with Crippen LogP contribution in [0.15, 0.2) is 0 Å². The van der Waals surface area contributed by atoms with E-state index in [0.717, 1.165) is 32.2 Å². The molecule has 0 saturated carbocycles. The molecular weight excluding hydrogens is 256 g/mol. The van der Waals surface area contributed by atoms with Gasteiger partial charge in [-0.05, 0) is 67.0 Å². The van der Waals surface area contributed by atoms with Gasteiger partial charge in [-0.2, -0.15) is 5.06 Å². The normalized spacial score (nSPS) is 23.1. The lowest BCUT2D eigenvalue weighted by atomic mass is 9.78. The van der Waals surface area contributed by atoms with Crippen molar-refractivity contribution in [2.24, 2.45) is 0 Å². The van der Waals surface area contributed by atoms with Crippen LogP contribution in [0.25, 0.3) is 0 Å². The zero-order valence-electron chi connectivity index (χ0n) is 13.5. The molecule has 20 heavy (non-hydrogen) atoms. The highest BCUT2D eigenvalue weighted by molar-refractivity contribution is 5.66. The van der Waals surface area contributed by atoms with Gasteiger partial charge in [0, 0.05) is 23.5 Å². The Morgan fingerprint density at radius 3 is 2.15 bits per heavy atom. The number of aliphatic carboxylic acids is 1. The summed E-state index contributed by atoms with van der Waals surface area (Å²) < 4.78 is 0. The van der Waals surface area contributed by atoms with E-state index in [1.165, 1.54) is 5.06 Å².